The predicted octanol–water partition coefficient (Wildman–Crippen LogP) is 3.88. The predicted molar refractivity (Wildman–Crippen MR) is 119 cm³/mol. The largest absolute Gasteiger partial charge is 0.368 e. The van der Waals surface area contributed by atoms with Crippen LogP contribution in [0, 0.1) is 0 Å². The fraction of sp³-hybridized carbons (Fsp3) is 0.560. The number of fused-ring (bicyclic) bond motifs is 1. The summed E-state index contributed by atoms with van der Waals surface area (Å²) in [7, 11) is 0. The Kier molecular flexibility index (Phi) is 5.56. The van der Waals surface area contributed by atoms with Crippen LogP contribution in [0.1, 0.15) is 48.6 Å². The number of pyridine rings is 1. The van der Waals surface area contributed by atoms with E-state index in [1.807, 2.05) is 0 Å². The summed E-state index contributed by atoms with van der Waals surface area (Å²) < 4.78 is 0. The Bertz CT molecular complexity index is 822. The van der Waals surface area contributed by atoms with Gasteiger partial charge in [-0.25, -0.2) is 0 Å². The highest BCUT2D eigenvalue weighted by Crippen LogP contribution is 2.34. The Morgan fingerprint density at radius 2 is 1.79 bits per heavy atom. The zero-order valence-electron chi connectivity index (χ0n) is 17.8. The van der Waals surface area contributed by atoms with Crippen LogP contribution in [0.5, 0.6) is 0 Å². The van der Waals surface area contributed by atoms with Crippen LogP contribution in [-0.2, 0) is 25.9 Å². The lowest BCUT2D eigenvalue weighted by Crippen LogP contribution is -2.52. The van der Waals surface area contributed by atoms with Crippen molar-refractivity contribution in [3.05, 3.63) is 58.9 Å². The van der Waals surface area contributed by atoms with Gasteiger partial charge in [0.05, 0.1) is 5.69 Å². The number of hydrogen-bond donors (Lipinski definition) is 0. The molecule has 0 N–H and O–H groups in total. The third kappa shape index (κ3) is 3.93. The first-order valence-corrected chi connectivity index (χ1v) is 11.6. The van der Waals surface area contributed by atoms with Crippen molar-refractivity contribution >= 4 is 5.69 Å². The maximum atomic E-state index is 4.92. The van der Waals surface area contributed by atoms with E-state index in [9.17, 15) is 0 Å². The van der Waals surface area contributed by atoms with Crippen LogP contribution in [0.4, 0.5) is 5.69 Å². The van der Waals surface area contributed by atoms with Crippen LogP contribution in [0.15, 0.2) is 36.5 Å². The first-order chi connectivity index (χ1) is 14.3. The fourth-order valence-corrected chi connectivity index (χ4v) is 5.28. The fourth-order valence-electron chi connectivity index (χ4n) is 5.28. The molecule has 2 fully saturated rings. The van der Waals surface area contributed by atoms with E-state index in [1.54, 1.807) is 0 Å². The average molecular weight is 391 g/mol. The molecule has 1 aliphatic carbocycles. The van der Waals surface area contributed by atoms with Crippen molar-refractivity contribution in [2.75, 3.05) is 37.6 Å². The molecule has 4 heteroatoms. The smallest absolute Gasteiger partial charge is 0.0597 e. The van der Waals surface area contributed by atoms with Gasteiger partial charge in [-0.2, -0.15) is 0 Å². The van der Waals surface area contributed by atoms with E-state index in [0.717, 1.165) is 38.5 Å². The van der Waals surface area contributed by atoms with Crippen LogP contribution in [0.3, 0.4) is 0 Å². The molecule has 5 rings (SSSR count). The molecule has 3 aliphatic rings. The lowest BCUT2D eigenvalue weighted by molar-refractivity contribution is 0.120. The maximum Gasteiger partial charge on any atom is 0.0597 e. The summed E-state index contributed by atoms with van der Waals surface area (Å²) in [6.45, 7) is 10.2. The van der Waals surface area contributed by atoms with Crippen LogP contribution < -0.4 is 4.90 Å². The number of hydrogen-bond acceptors (Lipinski definition) is 4. The summed E-state index contributed by atoms with van der Waals surface area (Å²) in [6.07, 6.45) is 8.64. The van der Waals surface area contributed by atoms with Crippen LogP contribution in [0.2, 0.25) is 0 Å². The van der Waals surface area contributed by atoms with Crippen molar-refractivity contribution in [3.8, 4) is 0 Å². The van der Waals surface area contributed by atoms with Crippen LogP contribution >= 0.6 is 0 Å². The highest BCUT2D eigenvalue weighted by molar-refractivity contribution is 5.61. The molecule has 0 amide bonds. The molecule has 0 radical (unpaired) electrons. The van der Waals surface area contributed by atoms with Crippen molar-refractivity contribution in [3.63, 3.8) is 0 Å². The van der Waals surface area contributed by atoms with E-state index in [2.05, 4.69) is 58.2 Å². The number of anilines is 1. The number of nitrogens with zero attached hydrogens (tertiary/aromatic N) is 4. The topological polar surface area (TPSA) is 22.6 Å². The number of aryl methyl sites for hydroxylation is 1. The second-order valence-corrected chi connectivity index (χ2v) is 8.96. The summed E-state index contributed by atoms with van der Waals surface area (Å²) in [5, 5.41) is 0. The molecule has 0 unspecified atom stereocenters. The van der Waals surface area contributed by atoms with Crippen molar-refractivity contribution in [1.29, 1.82) is 0 Å². The summed E-state index contributed by atoms with van der Waals surface area (Å²) in [5.41, 5.74) is 7.21. The van der Waals surface area contributed by atoms with Gasteiger partial charge in [0.25, 0.3) is 0 Å². The molecule has 1 aromatic heterocycles. The molecule has 3 heterocycles. The van der Waals surface area contributed by atoms with Gasteiger partial charge in [-0.05, 0) is 42.4 Å². The van der Waals surface area contributed by atoms with Gasteiger partial charge in [-0.15, -0.1) is 0 Å². The van der Waals surface area contributed by atoms with Crippen molar-refractivity contribution in [2.24, 2.45) is 0 Å². The molecule has 29 heavy (non-hydrogen) atoms. The number of piperazine rings is 1. The molecule has 154 valence electrons. The molecular weight excluding hydrogens is 356 g/mol. The molecule has 1 aromatic carbocycles. The van der Waals surface area contributed by atoms with Crippen molar-refractivity contribution in [1.82, 2.24) is 14.8 Å². The third-order valence-electron chi connectivity index (χ3n) is 7.22. The third-order valence-corrected chi connectivity index (χ3v) is 7.22. The average Bonchev–Trinajstić information content (AvgIpc) is 2.73. The molecule has 1 saturated carbocycles. The van der Waals surface area contributed by atoms with Gasteiger partial charge in [-0.3, -0.25) is 14.8 Å². The van der Waals surface area contributed by atoms with E-state index in [4.69, 9.17) is 4.98 Å². The second-order valence-electron chi connectivity index (χ2n) is 8.96. The molecule has 2 aromatic rings. The Labute approximate surface area is 175 Å². The molecule has 0 atom stereocenters. The summed E-state index contributed by atoms with van der Waals surface area (Å²) in [5.74, 6) is 0. The first-order valence-electron chi connectivity index (χ1n) is 11.6. The van der Waals surface area contributed by atoms with Gasteiger partial charge >= 0.3 is 0 Å². The Balaban J connectivity index is 1.33. The highest BCUT2D eigenvalue weighted by atomic mass is 15.3. The van der Waals surface area contributed by atoms with E-state index >= 15 is 0 Å². The maximum absolute atomic E-state index is 4.92. The van der Waals surface area contributed by atoms with Crippen molar-refractivity contribution in [2.45, 2.75) is 58.2 Å². The first kappa shape index (κ1) is 19.1. The molecule has 0 bridgehead atoms. The van der Waals surface area contributed by atoms with Gasteiger partial charge in [0.1, 0.15) is 0 Å². The number of benzene rings is 1. The van der Waals surface area contributed by atoms with Gasteiger partial charge in [0.2, 0.25) is 0 Å². The Morgan fingerprint density at radius 3 is 2.48 bits per heavy atom. The van der Waals surface area contributed by atoms with Gasteiger partial charge in [0, 0.05) is 63.7 Å². The van der Waals surface area contributed by atoms with Crippen molar-refractivity contribution < 1.29 is 0 Å². The van der Waals surface area contributed by atoms with Gasteiger partial charge in [-0.1, -0.05) is 43.7 Å². The normalized spacial score (nSPS) is 21.1. The van der Waals surface area contributed by atoms with E-state index in [1.165, 1.54) is 73.5 Å². The monoisotopic (exact) mass is 390 g/mol. The lowest BCUT2D eigenvalue weighted by Gasteiger charge is -2.44. The van der Waals surface area contributed by atoms with E-state index in [0.29, 0.717) is 0 Å². The molecule has 0 spiro atoms. The van der Waals surface area contributed by atoms with E-state index in [-0.39, 0.29) is 0 Å². The second kappa shape index (κ2) is 8.45. The Hall–Kier alpha value is -1.91. The van der Waals surface area contributed by atoms with Crippen LogP contribution in [0.25, 0.3) is 0 Å². The molecular formula is C25H34N4. The lowest BCUT2D eigenvalue weighted by atomic mass is 9.91. The zero-order chi connectivity index (χ0) is 19.6. The number of aromatic nitrogens is 1. The summed E-state index contributed by atoms with van der Waals surface area (Å²) in [6, 6.07) is 11.7. The molecule has 2 aliphatic heterocycles. The van der Waals surface area contributed by atoms with Gasteiger partial charge < -0.3 is 4.90 Å². The SMILES string of the molecule is CCc1cnc2c(c1N1CCN(C3CCC3)CC1)CCN(Cc1ccccc1)C2. The number of rotatable bonds is 5. The minimum atomic E-state index is 0.876. The summed E-state index contributed by atoms with van der Waals surface area (Å²) in [4.78, 5) is 12.9. The zero-order valence-corrected chi connectivity index (χ0v) is 17.8. The standard InChI is InChI=1S/C25H34N4/c1-2-21-17-26-24-19-27(18-20-7-4-3-5-8-20)12-11-23(24)25(21)29-15-13-28(14-16-29)22-9-6-10-22/h3-5,7-8,17,22H,2,6,9-16,18-19H2,1H3. The molecule has 4 nitrogen and oxygen atoms in total. The van der Waals surface area contributed by atoms with Gasteiger partial charge in [0.15, 0.2) is 0 Å². The Morgan fingerprint density at radius 1 is 1.00 bits per heavy atom. The quantitative estimate of drug-likeness (QED) is 0.773. The minimum absolute atomic E-state index is 0.876. The highest BCUT2D eigenvalue weighted by Gasteiger charge is 2.30. The summed E-state index contributed by atoms with van der Waals surface area (Å²) >= 11 is 0. The van der Waals surface area contributed by atoms with Crippen LogP contribution in [-0.4, -0.2) is 53.5 Å². The van der Waals surface area contributed by atoms with E-state index < -0.39 is 0 Å². The molecule has 1 saturated heterocycles. The minimum Gasteiger partial charge on any atom is -0.368 e.